The number of carbonyl (C=O) groups excluding carboxylic acids is 1. The number of benzene rings is 1. The van der Waals surface area contributed by atoms with Gasteiger partial charge in [-0.25, -0.2) is 0 Å². The molecule has 126 valence electrons. The maximum atomic E-state index is 12.1. The van der Waals surface area contributed by atoms with E-state index >= 15 is 0 Å². The molecule has 0 aromatic heterocycles. The van der Waals surface area contributed by atoms with Gasteiger partial charge in [0.1, 0.15) is 5.78 Å². The van der Waals surface area contributed by atoms with Crippen LogP contribution in [0.25, 0.3) is 0 Å². The van der Waals surface area contributed by atoms with Crippen molar-refractivity contribution in [2.24, 2.45) is 5.92 Å². The maximum absolute atomic E-state index is 12.1. The van der Waals surface area contributed by atoms with Gasteiger partial charge < -0.3 is 9.47 Å². The zero-order chi connectivity index (χ0) is 16.2. The first kappa shape index (κ1) is 16.3. The minimum Gasteiger partial charge on any atom is -0.493 e. The van der Waals surface area contributed by atoms with Gasteiger partial charge >= 0.3 is 0 Å². The standard InChI is InChI=1S/C19H27NO3/c1-22-18-8-7-14(13-19(18)23-2)9-11-20-12-10-17(21)15-5-3-4-6-16(15)20/h7-8,13,15-16H,3-6,9-12H2,1-2H3. The van der Waals surface area contributed by atoms with Crippen LogP contribution >= 0.6 is 0 Å². The number of rotatable bonds is 5. The fourth-order valence-electron chi connectivity index (χ4n) is 4.12. The summed E-state index contributed by atoms with van der Waals surface area (Å²) in [6, 6.07) is 6.61. The van der Waals surface area contributed by atoms with Crippen LogP contribution in [0.15, 0.2) is 18.2 Å². The van der Waals surface area contributed by atoms with E-state index < -0.39 is 0 Å². The van der Waals surface area contributed by atoms with Crippen LogP contribution < -0.4 is 9.47 Å². The number of fused-ring (bicyclic) bond motifs is 1. The highest BCUT2D eigenvalue weighted by Gasteiger charge is 2.37. The van der Waals surface area contributed by atoms with Gasteiger partial charge in [0.15, 0.2) is 11.5 Å². The molecule has 0 amide bonds. The second kappa shape index (κ2) is 7.35. The topological polar surface area (TPSA) is 38.8 Å². The maximum Gasteiger partial charge on any atom is 0.160 e. The number of Topliss-reactive ketones (excluding diaryl/α,β-unsaturated/α-hetero) is 1. The third-order valence-corrected chi connectivity index (χ3v) is 5.39. The molecule has 2 aliphatic rings. The molecule has 1 aromatic rings. The van der Waals surface area contributed by atoms with Crippen molar-refractivity contribution in [1.29, 1.82) is 0 Å². The van der Waals surface area contributed by atoms with Crippen LogP contribution in [0.3, 0.4) is 0 Å². The summed E-state index contributed by atoms with van der Waals surface area (Å²) < 4.78 is 10.7. The highest BCUT2D eigenvalue weighted by molar-refractivity contribution is 5.82. The Morgan fingerprint density at radius 3 is 2.70 bits per heavy atom. The highest BCUT2D eigenvalue weighted by Crippen LogP contribution is 2.34. The van der Waals surface area contributed by atoms with Crippen LogP contribution in [0.5, 0.6) is 11.5 Å². The lowest BCUT2D eigenvalue weighted by molar-refractivity contribution is -0.130. The predicted octanol–water partition coefficient (Wildman–Crippen LogP) is 3.08. The van der Waals surface area contributed by atoms with Crippen molar-refractivity contribution >= 4 is 5.78 Å². The summed E-state index contributed by atoms with van der Waals surface area (Å²) in [6.07, 6.45) is 6.47. The van der Waals surface area contributed by atoms with Gasteiger partial charge in [-0.1, -0.05) is 18.9 Å². The first-order chi connectivity index (χ1) is 11.2. The lowest BCUT2D eigenvalue weighted by Crippen LogP contribution is -2.51. The Hall–Kier alpha value is -1.55. The van der Waals surface area contributed by atoms with Gasteiger partial charge in [-0.05, 0) is 37.0 Å². The molecule has 2 atom stereocenters. The Labute approximate surface area is 138 Å². The minimum atomic E-state index is 0.294. The number of nitrogens with zero attached hydrogens (tertiary/aromatic N) is 1. The number of ether oxygens (including phenoxy) is 2. The summed E-state index contributed by atoms with van der Waals surface area (Å²) in [5.41, 5.74) is 1.26. The third kappa shape index (κ3) is 3.52. The van der Waals surface area contributed by atoms with Crippen molar-refractivity contribution in [1.82, 2.24) is 4.90 Å². The average molecular weight is 317 g/mol. The van der Waals surface area contributed by atoms with Crippen LogP contribution in [0, 0.1) is 5.92 Å². The lowest BCUT2D eigenvalue weighted by Gasteiger charge is -2.43. The minimum absolute atomic E-state index is 0.294. The molecule has 0 N–H and O–H groups in total. The SMILES string of the molecule is COc1ccc(CCN2CCC(=O)C3CCCCC32)cc1OC. The summed E-state index contributed by atoms with van der Waals surface area (Å²) in [7, 11) is 3.33. The Morgan fingerprint density at radius 1 is 1.13 bits per heavy atom. The van der Waals surface area contributed by atoms with Crippen molar-refractivity contribution < 1.29 is 14.3 Å². The zero-order valence-corrected chi connectivity index (χ0v) is 14.2. The number of carbonyl (C=O) groups is 1. The summed E-state index contributed by atoms with van der Waals surface area (Å²) in [5.74, 6) is 2.35. The molecule has 0 radical (unpaired) electrons. The van der Waals surface area contributed by atoms with Crippen LogP contribution in [0.1, 0.15) is 37.7 Å². The predicted molar refractivity (Wildman–Crippen MR) is 90.2 cm³/mol. The van der Waals surface area contributed by atoms with E-state index in [1.165, 1.54) is 24.8 Å². The summed E-state index contributed by atoms with van der Waals surface area (Å²) >= 11 is 0. The van der Waals surface area contributed by atoms with Gasteiger partial charge in [0.2, 0.25) is 0 Å². The molecule has 1 aromatic carbocycles. The number of hydrogen-bond donors (Lipinski definition) is 0. The van der Waals surface area contributed by atoms with Gasteiger partial charge in [0.05, 0.1) is 14.2 Å². The Kier molecular flexibility index (Phi) is 5.21. The fraction of sp³-hybridized carbons (Fsp3) is 0.632. The number of piperidine rings is 1. The van der Waals surface area contributed by atoms with Gasteiger partial charge in [0, 0.05) is 31.5 Å². The van der Waals surface area contributed by atoms with Crippen molar-refractivity contribution in [3.05, 3.63) is 23.8 Å². The zero-order valence-electron chi connectivity index (χ0n) is 14.2. The van der Waals surface area contributed by atoms with E-state index in [0.29, 0.717) is 17.7 Å². The fourth-order valence-corrected chi connectivity index (χ4v) is 4.12. The van der Waals surface area contributed by atoms with Crippen LogP contribution in [0.2, 0.25) is 0 Å². The molecular formula is C19H27NO3. The van der Waals surface area contributed by atoms with Gasteiger partial charge in [-0.3, -0.25) is 9.69 Å². The van der Waals surface area contributed by atoms with Gasteiger partial charge in [-0.2, -0.15) is 0 Å². The molecular weight excluding hydrogens is 290 g/mol. The number of methoxy groups -OCH3 is 2. The number of ketones is 1. The molecule has 3 rings (SSSR count). The molecule has 2 unspecified atom stereocenters. The number of hydrogen-bond acceptors (Lipinski definition) is 4. The molecule has 4 heteroatoms. The molecule has 1 aliphatic carbocycles. The average Bonchev–Trinajstić information content (AvgIpc) is 2.61. The summed E-state index contributed by atoms with van der Waals surface area (Å²) in [5, 5.41) is 0. The van der Waals surface area contributed by atoms with Crippen LogP contribution in [0.4, 0.5) is 0 Å². The second-order valence-corrected chi connectivity index (χ2v) is 6.65. The third-order valence-electron chi connectivity index (χ3n) is 5.39. The molecule has 1 heterocycles. The highest BCUT2D eigenvalue weighted by atomic mass is 16.5. The van der Waals surface area contributed by atoms with Crippen molar-refractivity contribution in [2.75, 3.05) is 27.3 Å². The smallest absolute Gasteiger partial charge is 0.160 e. The normalized spacial score (nSPS) is 25.0. The van der Waals surface area contributed by atoms with E-state index in [-0.39, 0.29) is 0 Å². The van der Waals surface area contributed by atoms with E-state index in [2.05, 4.69) is 17.0 Å². The molecule has 1 aliphatic heterocycles. The van der Waals surface area contributed by atoms with E-state index in [1.807, 2.05) is 6.07 Å². The molecule has 0 bridgehead atoms. The van der Waals surface area contributed by atoms with E-state index in [1.54, 1.807) is 14.2 Å². The molecule has 23 heavy (non-hydrogen) atoms. The second-order valence-electron chi connectivity index (χ2n) is 6.65. The summed E-state index contributed by atoms with van der Waals surface area (Å²) in [4.78, 5) is 14.7. The van der Waals surface area contributed by atoms with Gasteiger partial charge in [0.25, 0.3) is 0 Å². The molecule has 2 fully saturated rings. The van der Waals surface area contributed by atoms with E-state index in [4.69, 9.17) is 9.47 Å². The van der Waals surface area contributed by atoms with Crippen LogP contribution in [-0.2, 0) is 11.2 Å². The van der Waals surface area contributed by atoms with Gasteiger partial charge in [-0.15, -0.1) is 0 Å². The molecule has 1 saturated heterocycles. The van der Waals surface area contributed by atoms with Crippen molar-refractivity contribution in [3.8, 4) is 11.5 Å². The van der Waals surface area contributed by atoms with Crippen molar-refractivity contribution in [2.45, 2.75) is 44.6 Å². The number of likely N-dealkylation sites (tertiary alicyclic amines) is 1. The Morgan fingerprint density at radius 2 is 1.91 bits per heavy atom. The molecule has 1 saturated carbocycles. The summed E-state index contributed by atoms with van der Waals surface area (Å²) in [6.45, 7) is 1.94. The molecule has 4 nitrogen and oxygen atoms in total. The van der Waals surface area contributed by atoms with E-state index in [9.17, 15) is 4.79 Å². The van der Waals surface area contributed by atoms with E-state index in [0.717, 1.165) is 43.9 Å². The Balaban J connectivity index is 1.64. The molecule has 0 spiro atoms. The first-order valence-corrected chi connectivity index (χ1v) is 8.70. The first-order valence-electron chi connectivity index (χ1n) is 8.70. The lowest BCUT2D eigenvalue weighted by atomic mass is 9.77. The van der Waals surface area contributed by atoms with Crippen LogP contribution in [-0.4, -0.2) is 44.0 Å². The van der Waals surface area contributed by atoms with Crippen molar-refractivity contribution in [3.63, 3.8) is 0 Å². The Bertz CT molecular complexity index is 558. The monoisotopic (exact) mass is 317 g/mol. The largest absolute Gasteiger partial charge is 0.493 e. The quantitative estimate of drug-likeness (QED) is 0.836.